The van der Waals surface area contributed by atoms with Gasteiger partial charge in [-0.25, -0.2) is 0 Å². The Hall–Kier alpha value is -1.97. The Labute approximate surface area is 146 Å². The molecule has 1 aliphatic rings. The minimum absolute atomic E-state index is 0.0822. The lowest BCUT2D eigenvalue weighted by molar-refractivity contribution is 0.182. The molecule has 0 spiro atoms. The summed E-state index contributed by atoms with van der Waals surface area (Å²) in [5, 5.41) is 11.0. The first-order chi connectivity index (χ1) is 11.6. The van der Waals surface area contributed by atoms with Crippen LogP contribution in [0.15, 0.2) is 31.0 Å². The molecule has 0 aromatic heterocycles. The fourth-order valence-electron chi connectivity index (χ4n) is 3.76. The zero-order chi connectivity index (χ0) is 17.4. The number of nitrogen functional groups attached to an aromatic ring is 2. The summed E-state index contributed by atoms with van der Waals surface area (Å²) in [6.45, 7) is 4.71. The highest BCUT2D eigenvalue weighted by molar-refractivity contribution is 6.01. The van der Waals surface area contributed by atoms with Gasteiger partial charge in [-0.15, -0.1) is 0 Å². The van der Waals surface area contributed by atoms with Crippen molar-refractivity contribution in [3.05, 3.63) is 42.1 Å². The van der Waals surface area contributed by atoms with E-state index >= 15 is 0 Å². The molecule has 0 amide bonds. The quantitative estimate of drug-likeness (QED) is 0.216. The highest BCUT2D eigenvalue weighted by Crippen LogP contribution is 2.38. The standard InChI is InChI=1S/C20H32N4/c1-2-24-14-4-3-7-16(15-8-5-9-15)12-13-17-10-6-11-18(21)19(17)20(22)23/h2,6,10-11,15-16,24H,1,3-5,7-9,12-14,21H2,(H3,22,23). The molecular weight excluding hydrogens is 296 g/mol. The molecule has 24 heavy (non-hydrogen) atoms. The number of aryl methyl sites for hydroxylation is 1. The molecular formula is C20H32N4. The minimum Gasteiger partial charge on any atom is -0.398 e. The van der Waals surface area contributed by atoms with E-state index in [1.54, 1.807) is 6.20 Å². The van der Waals surface area contributed by atoms with E-state index in [0.29, 0.717) is 5.69 Å². The van der Waals surface area contributed by atoms with Gasteiger partial charge in [0.15, 0.2) is 0 Å². The van der Waals surface area contributed by atoms with Gasteiger partial charge in [0.25, 0.3) is 0 Å². The summed E-state index contributed by atoms with van der Waals surface area (Å²) in [6.07, 6.45) is 11.8. The number of unbranched alkanes of at least 4 members (excludes halogenated alkanes) is 1. The van der Waals surface area contributed by atoms with Crippen LogP contribution in [0.1, 0.15) is 56.1 Å². The fraction of sp³-hybridized carbons (Fsp3) is 0.550. The van der Waals surface area contributed by atoms with Crippen molar-refractivity contribution < 1.29 is 0 Å². The lowest BCUT2D eigenvalue weighted by atomic mass is 9.72. The average Bonchev–Trinajstić information content (AvgIpc) is 2.49. The average molecular weight is 329 g/mol. The number of hydrogen-bond donors (Lipinski definition) is 4. The van der Waals surface area contributed by atoms with Gasteiger partial charge >= 0.3 is 0 Å². The van der Waals surface area contributed by atoms with Gasteiger partial charge in [0.2, 0.25) is 0 Å². The minimum atomic E-state index is 0.0822. The SMILES string of the molecule is C=CNCCCCC(CCc1cccc(N)c1C(=N)N)C1CCC1. The summed E-state index contributed by atoms with van der Waals surface area (Å²) in [5.41, 5.74) is 14.2. The molecule has 0 heterocycles. The van der Waals surface area contributed by atoms with Crippen LogP contribution in [0, 0.1) is 17.2 Å². The summed E-state index contributed by atoms with van der Waals surface area (Å²) < 4.78 is 0. The number of anilines is 1. The molecule has 0 saturated heterocycles. The van der Waals surface area contributed by atoms with Crippen LogP contribution in [0.5, 0.6) is 0 Å². The second-order valence-electron chi connectivity index (χ2n) is 6.94. The number of amidine groups is 1. The predicted octanol–water partition coefficient (Wildman–Crippen LogP) is 3.81. The molecule has 1 aromatic rings. The largest absolute Gasteiger partial charge is 0.398 e. The van der Waals surface area contributed by atoms with Gasteiger partial charge in [0.05, 0.1) is 0 Å². The molecule has 0 aliphatic heterocycles. The highest BCUT2D eigenvalue weighted by Gasteiger charge is 2.26. The highest BCUT2D eigenvalue weighted by atomic mass is 14.8. The molecule has 1 aliphatic carbocycles. The zero-order valence-electron chi connectivity index (χ0n) is 14.7. The van der Waals surface area contributed by atoms with Gasteiger partial charge in [-0.05, 0) is 48.9 Å². The molecule has 0 bridgehead atoms. The molecule has 1 fully saturated rings. The van der Waals surface area contributed by atoms with E-state index < -0.39 is 0 Å². The Kier molecular flexibility index (Phi) is 7.16. The second-order valence-corrected chi connectivity index (χ2v) is 6.94. The molecule has 2 rings (SSSR count). The van der Waals surface area contributed by atoms with Crippen molar-refractivity contribution in [1.29, 1.82) is 5.41 Å². The van der Waals surface area contributed by atoms with E-state index in [4.69, 9.17) is 16.9 Å². The van der Waals surface area contributed by atoms with Gasteiger partial charge in [-0.3, -0.25) is 5.41 Å². The van der Waals surface area contributed by atoms with Crippen LogP contribution in [-0.4, -0.2) is 12.4 Å². The van der Waals surface area contributed by atoms with Crippen molar-refractivity contribution in [2.24, 2.45) is 17.6 Å². The van der Waals surface area contributed by atoms with E-state index in [-0.39, 0.29) is 5.84 Å². The second kappa shape index (κ2) is 9.36. The number of rotatable bonds is 11. The maximum atomic E-state index is 7.79. The summed E-state index contributed by atoms with van der Waals surface area (Å²) >= 11 is 0. The number of hydrogen-bond acceptors (Lipinski definition) is 3. The first kappa shape index (κ1) is 18.4. The van der Waals surface area contributed by atoms with Crippen LogP contribution in [-0.2, 0) is 6.42 Å². The molecule has 1 saturated carbocycles. The van der Waals surface area contributed by atoms with Crippen LogP contribution in [0.3, 0.4) is 0 Å². The van der Waals surface area contributed by atoms with Gasteiger partial charge in [-0.2, -0.15) is 0 Å². The molecule has 6 N–H and O–H groups in total. The lowest BCUT2D eigenvalue weighted by Crippen LogP contribution is -2.23. The first-order valence-electron chi connectivity index (χ1n) is 9.19. The van der Waals surface area contributed by atoms with E-state index in [2.05, 4.69) is 18.0 Å². The van der Waals surface area contributed by atoms with Crippen LogP contribution < -0.4 is 16.8 Å². The van der Waals surface area contributed by atoms with Crippen molar-refractivity contribution in [1.82, 2.24) is 5.32 Å². The first-order valence-corrected chi connectivity index (χ1v) is 9.19. The molecule has 1 unspecified atom stereocenters. The molecule has 0 radical (unpaired) electrons. The smallest absolute Gasteiger partial charge is 0.125 e. The van der Waals surface area contributed by atoms with Gasteiger partial charge in [0.1, 0.15) is 5.84 Å². The van der Waals surface area contributed by atoms with Crippen molar-refractivity contribution in [3.8, 4) is 0 Å². The lowest BCUT2D eigenvalue weighted by Gasteiger charge is -2.34. The van der Waals surface area contributed by atoms with E-state index in [0.717, 1.165) is 35.9 Å². The number of nitrogens with one attached hydrogen (secondary N) is 2. The Morgan fingerprint density at radius 3 is 2.75 bits per heavy atom. The maximum absolute atomic E-state index is 7.79. The van der Waals surface area contributed by atoms with Crippen molar-refractivity contribution >= 4 is 11.5 Å². The Morgan fingerprint density at radius 2 is 2.12 bits per heavy atom. The zero-order valence-corrected chi connectivity index (χ0v) is 14.7. The summed E-state index contributed by atoms with van der Waals surface area (Å²) in [5.74, 6) is 1.75. The van der Waals surface area contributed by atoms with Gasteiger partial charge in [0, 0.05) is 17.8 Å². The third kappa shape index (κ3) is 5.02. The topological polar surface area (TPSA) is 87.9 Å². The van der Waals surface area contributed by atoms with Gasteiger partial charge < -0.3 is 16.8 Å². The van der Waals surface area contributed by atoms with Crippen LogP contribution >= 0.6 is 0 Å². The van der Waals surface area contributed by atoms with E-state index in [9.17, 15) is 0 Å². The third-order valence-corrected chi connectivity index (χ3v) is 5.34. The third-order valence-electron chi connectivity index (χ3n) is 5.34. The summed E-state index contributed by atoms with van der Waals surface area (Å²) in [6, 6.07) is 5.87. The molecule has 1 aromatic carbocycles. The Bertz CT molecular complexity index is 549. The van der Waals surface area contributed by atoms with Crippen molar-refractivity contribution in [2.45, 2.75) is 51.4 Å². The van der Waals surface area contributed by atoms with Crippen LogP contribution in [0.25, 0.3) is 0 Å². The molecule has 4 heteroatoms. The number of benzene rings is 1. The maximum Gasteiger partial charge on any atom is 0.125 e. The summed E-state index contributed by atoms with van der Waals surface area (Å²) in [7, 11) is 0. The normalized spacial score (nSPS) is 15.5. The summed E-state index contributed by atoms with van der Waals surface area (Å²) in [4.78, 5) is 0. The Balaban J connectivity index is 1.91. The number of nitrogens with two attached hydrogens (primary N) is 2. The molecule has 1 atom stereocenters. The Morgan fingerprint density at radius 1 is 1.33 bits per heavy atom. The van der Waals surface area contributed by atoms with E-state index in [1.165, 1.54) is 44.9 Å². The van der Waals surface area contributed by atoms with Crippen LogP contribution in [0.2, 0.25) is 0 Å². The monoisotopic (exact) mass is 328 g/mol. The van der Waals surface area contributed by atoms with E-state index in [1.807, 2.05) is 12.1 Å². The fourth-order valence-corrected chi connectivity index (χ4v) is 3.76. The predicted molar refractivity (Wildman–Crippen MR) is 103 cm³/mol. The molecule has 4 nitrogen and oxygen atoms in total. The van der Waals surface area contributed by atoms with Crippen molar-refractivity contribution in [2.75, 3.05) is 12.3 Å². The molecule has 132 valence electrons. The van der Waals surface area contributed by atoms with Crippen LogP contribution in [0.4, 0.5) is 5.69 Å². The van der Waals surface area contributed by atoms with Crippen molar-refractivity contribution in [3.63, 3.8) is 0 Å². The van der Waals surface area contributed by atoms with Gasteiger partial charge in [-0.1, -0.05) is 50.8 Å².